The Bertz CT molecular complexity index is 1280. The molecule has 30 heavy (non-hydrogen) atoms. The number of rotatable bonds is 4. The number of anilines is 1. The second-order valence-corrected chi connectivity index (χ2v) is 6.62. The van der Waals surface area contributed by atoms with Crippen molar-refractivity contribution in [2.24, 2.45) is 0 Å². The van der Waals surface area contributed by atoms with Crippen LogP contribution in [0.3, 0.4) is 0 Å². The number of hydrogen-bond acceptors (Lipinski definition) is 7. The van der Waals surface area contributed by atoms with Crippen molar-refractivity contribution in [3.63, 3.8) is 0 Å². The van der Waals surface area contributed by atoms with E-state index in [2.05, 4.69) is 10.1 Å². The van der Waals surface area contributed by atoms with Crippen molar-refractivity contribution in [2.45, 2.75) is 6.92 Å². The number of carbonyl (C=O) groups excluding carboxylic acids is 1. The molecule has 2 aromatic carbocycles. The number of carbonyl (C=O) groups is 1. The predicted molar refractivity (Wildman–Crippen MR) is 110 cm³/mol. The summed E-state index contributed by atoms with van der Waals surface area (Å²) in [7, 11) is 1.26. The van der Waals surface area contributed by atoms with Gasteiger partial charge in [-0.05, 0) is 37.3 Å². The lowest BCUT2D eigenvalue weighted by atomic mass is 10.1. The molecule has 0 aliphatic rings. The van der Waals surface area contributed by atoms with E-state index in [1.54, 1.807) is 24.3 Å². The maximum Gasteiger partial charge on any atom is 0.357 e. The molecule has 2 N–H and O–H groups in total. The second-order valence-electron chi connectivity index (χ2n) is 6.62. The fraction of sp³-hybridized carbons (Fsp3) is 0.0909. The first-order chi connectivity index (χ1) is 14.5. The molecule has 0 spiro atoms. The Labute approximate surface area is 172 Å². The normalized spacial score (nSPS) is 10.6. The lowest BCUT2D eigenvalue weighted by Gasteiger charge is -2.08. The Hall–Kier alpha value is -4.38. The summed E-state index contributed by atoms with van der Waals surface area (Å²) >= 11 is 0. The molecule has 2 heterocycles. The summed E-state index contributed by atoms with van der Waals surface area (Å²) in [4.78, 5) is 16.6. The number of nitrogen functional groups attached to an aromatic ring is 1. The number of esters is 1. The summed E-state index contributed by atoms with van der Waals surface area (Å²) < 4.78 is 11.7. The number of benzene rings is 2. The van der Waals surface area contributed by atoms with Gasteiger partial charge in [-0.3, -0.25) is 0 Å². The van der Waals surface area contributed by atoms with Crippen LogP contribution in [0.25, 0.3) is 28.5 Å². The first-order valence-electron chi connectivity index (χ1n) is 9.02. The minimum atomic E-state index is -0.627. The number of ether oxygens (including phenoxy) is 1. The number of nitrogens with zero attached hydrogens (tertiary/aromatic N) is 4. The number of nitrogens with two attached hydrogens (primary N) is 1. The van der Waals surface area contributed by atoms with E-state index in [4.69, 9.17) is 15.0 Å². The molecule has 8 nitrogen and oxygen atoms in total. The van der Waals surface area contributed by atoms with Gasteiger partial charge in [0, 0.05) is 23.0 Å². The van der Waals surface area contributed by atoms with E-state index >= 15 is 0 Å². The molecule has 4 rings (SSSR count). The third kappa shape index (κ3) is 3.29. The van der Waals surface area contributed by atoms with Crippen molar-refractivity contribution in [1.29, 1.82) is 5.26 Å². The van der Waals surface area contributed by atoms with Crippen LogP contribution in [0.15, 0.2) is 59.3 Å². The van der Waals surface area contributed by atoms with Crippen molar-refractivity contribution in [3.05, 3.63) is 71.5 Å². The Kier molecular flexibility index (Phi) is 4.78. The molecule has 0 saturated carbocycles. The van der Waals surface area contributed by atoms with Crippen LogP contribution < -0.4 is 5.73 Å². The first kappa shape index (κ1) is 19.0. The fourth-order valence-corrected chi connectivity index (χ4v) is 3.12. The van der Waals surface area contributed by atoms with Gasteiger partial charge in [-0.25, -0.2) is 4.79 Å². The lowest BCUT2D eigenvalue weighted by molar-refractivity contribution is 0.0593. The molecule has 8 heteroatoms. The van der Waals surface area contributed by atoms with Crippen molar-refractivity contribution in [2.75, 3.05) is 12.8 Å². The van der Waals surface area contributed by atoms with Gasteiger partial charge in [0.15, 0.2) is 5.69 Å². The SMILES string of the molecule is COC(=O)c1c(N)c(C#N)cn1-c1ccc(-c2nc(-c3cccc(C)c3)no2)cc1. The molecule has 0 bridgehead atoms. The van der Waals surface area contributed by atoms with Gasteiger partial charge in [0.1, 0.15) is 6.07 Å². The van der Waals surface area contributed by atoms with Gasteiger partial charge in [-0.1, -0.05) is 28.9 Å². The number of hydrogen-bond donors (Lipinski definition) is 1. The van der Waals surface area contributed by atoms with Crippen LogP contribution in [0, 0.1) is 18.3 Å². The van der Waals surface area contributed by atoms with E-state index in [0.29, 0.717) is 23.0 Å². The summed E-state index contributed by atoms with van der Waals surface area (Å²) in [6, 6.07) is 16.9. The smallest absolute Gasteiger partial charge is 0.357 e. The topological polar surface area (TPSA) is 120 Å². The van der Waals surface area contributed by atoms with E-state index in [1.807, 2.05) is 37.3 Å². The van der Waals surface area contributed by atoms with Gasteiger partial charge in [0.05, 0.1) is 18.4 Å². The number of nitriles is 1. The molecule has 0 atom stereocenters. The van der Waals surface area contributed by atoms with E-state index in [-0.39, 0.29) is 16.9 Å². The molecule has 4 aromatic rings. The van der Waals surface area contributed by atoms with Gasteiger partial charge in [0.25, 0.3) is 5.89 Å². The Morgan fingerprint density at radius 2 is 1.97 bits per heavy atom. The van der Waals surface area contributed by atoms with Crippen molar-refractivity contribution >= 4 is 11.7 Å². The molecular formula is C22H17N5O3. The molecule has 0 saturated heterocycles. The summed E-state index contributed by atoms with van der Waals surface area (Å²) in [6.07, 6.45) is 1.50. The second kappa shape index (κ2) is 7.56. The van der Waals surface area contributed by atoms with Crippen LogP contribution in [-0.2, 0) is 4.74 Å². The van der Waals surface area contributed by atoms with Crippen LogP contribution in [0.4, 0.5) is 5.69 Å². The van der Waals surface area contributed by atoms with Crippen LogP contribution in [0.1, 0.15) is 21.6 Å². The standard InChI is InChI=1S/C22H17N5O3/c1-13-4-3-5-15(10-13)20-25-21(30-26-20)14-6-8-17(9-7-14)27-12-16(11-23)18(24)19(27)22(28)29-2/h3-10,12H,24H2,1-2H3. The highest BCUT2D eigenvalue weighted by Gasteiger charge is 2.22. The summed E-state index contributed by atoms with van der Waals surface area (Å²) in [5, 5.41) is 13.3. The molecule has 0 radical (unpaired) electrons. The molecular weight excluding hydrogens is 382 g/mol. The number of aryl methyl sites for hydroxylation is 1. The minimum Gasteiger partial charge on any atom is -0.464 e. The van der Waals surface area contributed by atoms with Gasteiger partial charge in [0.2, 0.25) is 5.82 Å². The monoisotopic (exact) mass is 399 g/mol. The van der Waals surface area contributed by atoms with Crippen molar-refractivity contribution in [3.8, 4) is 34.6 Å². The van der Waals surface area contributed by atoms with Crippen molar-refractivity contribution in [1.82, 2.24) is 14.7 Å². The van der Waals surface area contributed by atoms with Gasteiger partial charge < -0.3 is 19.6 Å². The predicted octanol–water partition coefficient (Wildman–Crippen LogP) is 3.74. The van der Waals surface area contributed by atoms with Gasteiger partial charge in [-0.2, -0.15) is 10.2 Å². The minimum absolute atomic E-state index is 0.0770. The summed E-state index contributed by atoms with van der Waals surface area (Å²) in [5.41, 5.74) is 9.63. The molecule has 148 valence electrons. The Morgan fingerprint density at radius 1 is 1.20 bits per heavy atom. The fourth-order valence-electron chi connectivity index (χ4n) is 3.12. The third-order valence-corrected chi connectivity index (χ3v) is 4.64. The average Bonchev–Trinajstić information content (AvgIpc) is 3.38. The highest BCUT2D eigenvalue weighted by molar-refractivity contribution is 5.96. The number of aromatic nitrogens is 3. The molecule has 0 aliphatic heterocycles. The van der Waals surface area contributed by atoms with E-state index in [0.717, 1.165) is 11.1 Å². The number of methoxy groups -OCH3 is 1. The zero-order valence-corrected chi connectivity index (χ0v) is 16.3. The van der Waals surface area contributed by atoms with Crippen molar-refractivity contribution < 1.29 is 14.1 Å². The molecule has 0 amide bonds. The quantitative estimate of drug-likeness (QED) is 0.519. The zero-order valence-electron chi connectivity index (χ0n) is 16.3. The van der Waals surface area contributed by atoms with E-state index in [9.17, 15) is 10.1 Å². The highest BCUT2D eigenvalue weighted by atomic mass is 16.5. The lowest BCUT2D eigenvalue weighted by Crippen LogP contribution is -2.11. The maximum absolute atomic E-state index is 12.1. The summed E-state index contributed by atoms with van der Waals surface area (Å²) in [5.74, 6) is 0.247. The van der Waals surface area contributed by atoms with Crippen LogP contribution in [0.2, 0.25) is 0 Å². The first-order valence-corrected chi connectivity index (χ1v) is 9.02. The maximum atomic E-state index is 12.1. The molecule has 0 fully saturated rings. The summed E-state index contributed by atoms with van der Waals surface area (Å²) in [6.45, 7) is 2.00. The highest BCUT2D eigenvalue weighted by Crippen LogP contribution is 2.27. The van der Waals surface area contributed by atoms with Crippen LogP contribution >= 0.6 is 0 Å². The largest absolute Gasteiger partial charge is 0.464 e. The van der Waals surface area contributed by atoms with E-state index < -0.39 is 5.97 Å². The van der Waals surface area contributed by atoms with Crippen LogP contribution in [0.5, 0.6) is 0 Å². The average molecular weight is 399 g/mol. The molecule has 2 aromatic heterocycles. The van der Waals surface area contributed by atoms with E-state index in [1.165, 1.54) is 17.9 Å². The zero-order chi connectivity index (χ0) is 21.3. The molecule has 0 unspecified atom stereocenters. The van der Waals surface area contributed by atoms with Gasteiger partial charge >= 0.3 is 5.97 Å². The molecule has 0 aliphatic carbocycles. The van der Waals surface area contributed by atoms with Crippen LogP contribution in [-0.4, -0.2) is 27.8 Å². The Balaban J connectivity index is 1.68. The Morgan fingerprint density at radius 3 is 2.63 bits per heavy atom. The third-order valence-electron chi connectivity index (χ3n) is 4.64. The van der Waals surface area contributed by atoms with Gasteiger partial charge in [-0.15, -0.1) is 0 Å².